The standard InChI is InChI=1S/C18H21NO2/c1-20-14-9-6-13(7-10-14)8-11-17(19)16-12-21-18-5-3-2-4-15(16)18/h2-7,9-10,16-17H,8,11-12,19H2,1H3. The summed E-state index contributed by atoms with van der Waals surface area (Å²) in [5.41, 5.74) is 8.93. The van der Waals surface area contributed by atoms with Crippen molar-refractivity contribution in [1.82, 2.24) is 0 Å². The molecular formula is C18H21NO2. The summed E-state index contributed by atoms with van der Waals surface area (Å²) in [5.74, 6) is 2.18. The highest BCUT2D eigenvalue weighted by Crippen LogP contribution is 2.35. The van der Waals surface area contributed by atoms with Crippen molar-refractivity contribution in [3.63, 3.8) is 0 Å². The minimum atomic E-state index is 0.121. The van der Waals surface area contributed by atoms with Crippen molar-refractivity contribution in [1.29, 1.82) is 0 Å². The molecule has 3 rings (SSSR count). The van der Waals surface area contributed by atoms with E-state index in [0.29, 0.717) is 12.5 Å². The minimum absolute atomic E-state index is 0.121. The Bertz CT molecular complexity index is 594. The Kier molecular flexibility index (Phi) is 4.11. The molecule has 0 spiro atoms. The van der Waals surface area contributed by atoms with E-state index in [1.165, 1.54) is 11.1 Å². The Morgan fingerprint density at radius 1 is 1.19 bits per heavy atom. The highest BCUT2D eigenvalue weighted by atomic mass is 16.5. The third-order valence-corrected chi connectivity index (χ3v) is 4.18. The van der Waals surface area contributed by atoms with Gasteiger partial charge < -0.3 is 15.2 Å². The molecule has 2 aromatic carbocycles. The molecule has 1 aliphatic rings. The van der Waals surface area contributed by atoms with Gasteiger partial charge in [0.15, 0.2) is 0 Å². The lowest BCUT2D eigenvalue weighted by atomic mass is 9.90. The molecule has 2 unspecified atom stereocenters. The molecular weight excluding hydrogens is 262 g/mol. The molecule has 1 heterocycles. The van der Waals surface area contributed by atoms with Crippen LogP contribution in [-0.4, -0.2) is 19.8 Å². The fraction of sp³-hybridized carbons (Fsp3) is 0.333. The molecule has 0 amide bonds. The first kappa shape index (κ1) is 14.0. The van der Waals surface area contributed by atoms with Crippen molar-refractivity contribution in [2.24, 2.45) is 5.73 Å². The second-order valence-electron chi connectivity index (χ2n) is 5.51. The second kappa shape index (κ2) is 6.19. The van der Waals surface area contributed by atoms with Crippen LogP contribution in [0.15, 0.2) is 48.5 Å². The Hall–Kier alpha value is -2.00. The van der Waals surface area contributed by atoms with Gasteiger partial charge in [-0.3, -0.25) is 0 Å². The van der Waals surface area contributed by atoms with Gasteiger partial charge in [-0.2, -0.15) is 0 Å². The Labute approximate surface area is 125 Å². The molecule has 2 aromatic rings. The summed E-state index contributed by atoms with van der Waals surface area (Å²) < 4.78 is 10.9. The third kappa shape index (κ3) is 3.03. The van der Waals surface area contributed by atoms with Crippen LogP contribution >= 0.6 is 0 Å². The maximum atomic E-state index is 6.39. The molecule has 1 aliphatic heterocycles. The van der Waals surface area contributed by atoms with E-state index >= 15 is 0 Å². The van der Waals surface area contributed by atoms with Crippen LogP contribution in [0.4, 0.5) is 0 Å². The van der Waals surface area contributed by atoms with Crippen LogP contribution in [0.2, 0.25) is 0 Å². The number of nitrogens with two attached hydrogens (primary N) is 1. The van der Waals surface area contributed by atoms with Crippen LogP contribution in [-0.2, 0) is 6.42 Å². The molecule has 3 heteroatoms. The average molecular weight is 283 g/mol. The number of hydrogen-bond donors (Lipinski definition) is 1. The largest absolute Gasteiger partial charge is 0.497 e. The summed E-state index contributed by atoms with van der Waals surface area (Å²) in [7, 11) is 1.68. The molecule has 0 fully saturated rings. The molecule has 0 radical (unpaired) electrons. The van der Waals surface area contributed by atoms with Crippen molar-refractivity contribution < 1.29 is 9.47 Å². The highest BCUT2D eigenvalue weighted by Gasteiger charge is 2.28. The van der Waals surface area contributed by atoms with Crippen molar-refractivity contribution in [2.45, 2.75) is 24.8 Å². The van der Waals surface area contributed by atoms with Gasteiger partial charge in [-0.05, 0) is 36.6 Å². The SMILES string of the molecule is COc1ccc(CCC(N)C2COc3ccccc32)cc1. The highest BCUT2D eigenvalue weighted by molar-refractivity contribution is 5.40. The van der Waals surface area contributed by atoms with Crippen LogP contribution in [0.25, 0.3) is 0 Å². The molecule has 0 saturated heterocycles. The van der Waals surface area contributed by atoms with Crippen molar-refractivity contribution in [2.75, 3.05) is 13.7 Å². The number of ether oxygens (including phenoxy) is 2. The van der Waals surface area contributed by atoms with Gasteiger partial charge in [-0.15, -0.1) is 0 Å². The van der Waals surface area contributed by atoms with Crippen LogP contribution in [0.5, 0.6) is 11.5 Å². The summed E-state index contributed by atoms with van der Waals surface area (Å²) in [6, 6.07) is 16.5. The van der Waals surface area contributed by atoms with Crippen LogP contribution in [0.1, 0.15) is 23.5 Å². The number of fused-ring (bicyclic) bond motifs is 1. The summed E-state index contributed by atoms with van der Waals surface area (Å²) >= 11 is 0. The van der Waals surface area contributed by atoms with Gasteiger partial charge in [0.2, 0.25) is 0 Å². The van der Waals surface area contributed by atoms with Crippen molar-refractivity contribution in [3.05, 3.63) is 59.7 Å². The maximum Gasteiger partial charge on any atom is 0.122 e. The Morgan fingerprint density at radius 2 is 1.95 bits per heavy atom. The van der Waals surface area contributed by atoms with E-state index in [4.69, 9.17) is 15.2 Å². The van der Waals surface area contributed by atoms with Gasteiger partial charge in [0.25, 0.3) is 0 Å². The monoisotopic (exact) mass is 283 g/mol. The lowest BCUT2D eigenvalue weighted by Crippen LogP contribution is -2.30. The lowest BCUT2D eigenvalue weighted by Gasteiger charge is -2.18. The molecule has 0 aliphatic carbocycles. The zero-order chi connectivity index (χ0) is 14.7. The van der Waals surface area contributed by atoms with Crippen molar-refractivity contribution >= 4 is 0 Å². The number of para-hydroxylation sites is 1. The predicted molar refractivity (Wildman–Crippen MR) is 84.0 cm³/mol. The smallest absolute Gasteiger partial charge is 0.122 e. The van der Waals surface area contributed by atoms with E-state index < -0.39 is 0 Å². The quantitative estimate of drug-likeness (QED) is 0.917. The van der Waals surface area contributed by atoms with Crippen LogP contribution in [0.3, 0.4) is 0 Å². The summed E-state index contributed by atoms with van der Waals surface area (Å²) in [6.07, 6.45) is 1.93. The number of benzene rings is 2. The maximum absolute atomic E-state index is 6.39. The van der Waals surface area contributed by atoms with Gasteiger partial charge in [0.05, 0.1) is 13.7 Å². The van der Waals surface area contributed by atoms with E-state index in [9.17, 15) is 0 Å². The van der Waals surface area contributed by atoms with E-state index in [1.807, 2.05) is 24.3 Å². The fourth-order valence-electron chi connectivity index (χ4n) is 2.87. The molecule has 2 N–H and O–H groups in total. The Morgan fingerprint density at radius 3 is 2.71 bits per heavy atom. The normalized spacial score (nSPS) is 17.9. The summed E-state index contributed by atoms with van der Waals surface area (Å²) in [6.45, 7) is 0.698. The third-order valence-electron chi connectivity index (χ3n) is 4.18. The number of methoxy groups -OCH3 is 1. The molecule has 3 nitrogen and oxygen atoms in total. The van der Waals surface area contributed by atoms with E-state index in [1.54, 1.807) is 7.11 Å². The second-order valence-corrected chi connectivity index (χ2v) is 5.51. The first-order chi connectivity index (χ1) is 10.3. The topological polar surface area (TPSA) is 44.5 Å². The summed E-state index contributed by atoms with van der Waals surface area (Å²) in [4.78, 5) is 0. The van der Waals surface area contributed by atoms with E-state index in [0.717, 1.165) is 24.3 Å². The Balaban J connectivity index is 1.60. The zero-order valence-corrected chi connectivity index (χ0v) is 12.3. The molecule has 21 heavy (non-hydrogen) atoms. The minimum Gasteiger partial charge on any atom is -0.497 e. The molecule has 0 bridgehead atoms. The van der Waals surface area contributed by atoms with Crippen LogP contribution < -0.4 is 15.2 Å². The number of rotatable bonds is 5. The van der Waals surface area contributed by atoms with Gasteiger partial charge in [0.1, 0.15) is 11.5 Å². The molecule has 0 saturated carbocycles. The van der Waals surface area contributed by atoms with Gasteiger partial charge in [-0.25, -0.2) is 0 Å². The number of aryl methyl sites for hydroxylation is 1. The first-order valence-corrected chi connectivity index (χ1v) is 7.38. The molecule has 2 atom stereocenters. The lowest BCUT2D eigenvalue weighted by molar-refractivity contribution is 0.310. The molecule has 110 valence electrons. The average Bonchev–Trinajstić information content (AvgIpc) is 2.97. The van der Waals surface area contributed by atoms with Gasteiger partial charge in [0, 0.05) is 17.5 Å². The van der Waals surface area contributed by atoms with Crippen molar-refractivity contribution in [3.8, 4) is 11.5 Å². The summed E-state index contributed by atoms with van der Waals surface area (Å²) in [5, 5.41) is 0. The molecule has 0 aromatic heterocycles. The fourth-order valence-corrected chi connectivity index (χ4v) is 2.87. The van der Waals surface area contributed by atoms with Gasteiger partial charge in [-0.1, -0.05) is 30.3 Å². The zero-order valence-electron chi connectivity index (χ0n) is 12.3. The van der Waals surface area contributed by atoms with Crippen LogP contribution in [0, 0.1) is 0 Å². The number of hydrogen-bond acceptors (Lipinski definition) is 3. The first-order valence-electron chi connectivity index (χ1n) is 7.38. The van der Waals surface area contributed by atoms with E-state index in [2.05, 4.69) is 24.3 Å². The predicted octanol–water partition coefficient (Wildman–Crippen LogP) is 3.13. The van der Waals surface area contributed by atoms with Gasteiger partial charge >= 0.3 is 0 Å². The van der Waals surface area contributed by atoms with E-state index in [-0.39, 0.29) is 6.04 Å².